The highest BCUT2D eigenvalue weighted by Crippen LogP contribution is 2.44. The van der Waals surface area contributed by atoms with Gasteiger partial charge < -0.3 is 19.7 Å². The van der Waals surface area contributed by atoms with E-state index in [1.54, 1.807) is 7.05 Å². The van der Waals surface area contributed by atoms with Crippen LogP contribution in [0.25, 0.3) is 11.1 Å². The summed E-state index contributed by atoms with van der Waals surface area (Å²) in [7, 11) is 1.64. The van der Waals surface area contributed by atoms with Crippen LogP contribution >= 0.6 is 0 Å². The molecule has 1 fully saturated rings. The van der Waals surface area contributed by atoms with E-state index in [2.05, 4.69) is 29.6 Å². The number of esters is 1. The summed E-state index contributed by atoms with van der Waals surface area (Å²) in [6, 6.07) is 14.9. The van der Waals surface area contributed by atoms with E-state index < -0.39 is 29.7 Å². The topological polar surface area (TPSA) is 84.9 Å². The van der Waals surface area contributed by atoms with Gasteiger partial charge in [-0.25, -0.2) is 9.59 Å². The van der Waals surface area contributed by atoms with Gasteiger partial charge >= 0.3 is 12.1 Å². The predicted octanol–water partition coefficient (Wildman–Crippen LogP) is 6.44. The van der Waals surface area contributed by atoms with E-state index in [4.69, 9.17) is 9.47 Å². The van der Waals surface area contributed by atoms with Crippen molar-refractivity contribution in [2.75, 3.05) is 13.7 Å². The standard InChI is InChI=1S/C33H44N2O5/c1-6-14-28(31(37)40-33(2,3)4)35(5)30(36)29(22-15-8-7-9-16-22)34-32(38)39-21-27-25-19-12-10-17-23(25)24-18-11-13-20-26(24)27/h10-13,17-20,22,27-29H,6-9,14-16,21H2,1-5H3,(H,34,38)/t28-,29+/m0/s1. The van der Waals surface area contributed by atoms with E-state index in [9.17, 15) is 14.4 Å². The van der Waals surface area contributed by atoms with Crippen molar-refractivity contribution >= 4 is 18.0 Å². The van der Waals surface area contributed by atoms with Gasteiger partial charge in [0.25, 0.3) is 0 Å². The van der Waals surface area contributed by atoms with Crippen molar-refractivity contribution in [2.45, 2.75) is 96.2 Å². The monoisotopic (exact) mass is 548 g/mol. The number of benzene rings is 2. The summed E-state index contributed by atoms with van der Waals surface area (Å²) in [6.07, 6.45) is 5.42. The largest absolute Gasteiger partial charge is 0.458 e. The van der Waals surface area contributed by atoms with Gasteiger partial charge in [-0.2, -0.15) is 0 Å². The molecular formula is C33H44N2O5. The minimum absolute atomic E-state index is 0.00917. The Morgan fingerprint density at radius 1 is 0.950 bits per heavy atom. The van der Waals surface area contributed by atoms with Crippen molar-refractivity contribution in [2.24, 2.45) is 5.92 Å². The maximum absolute atomic E-state index is 13.9. The van der Waals surface area contributed by atoms with Gasteiger partial charge in [0.1, 0.15) is 24.3 Å². The summed E-state index contributed by atoms with van der Waals surface area (Å²) in [6.45, 7) is 7.61. The summed E-state index contributed by atoms with van der Waals surface area (Å²) in [5, 5.41) is 2.92. The Bertz CT molecular complexity index is 1150. The fraction of sp³-hybridized carbons (Fsp3) is 0.545. The highest BCUT2D eigenvalue weighted by molar-refractivity contribution is 5.90. The minimum atomic E-state index is -0.761. The minimum Gasteiger partial charge on any atom is -0.458 e. The summed E-state index contributed by atoms with van der Waals surface area (Å²) < 4.78 is 11.4. The van der Waals surface area contributed by atoms with E-state index in [0.717, 1.165) is 60.8 Å². The fourth-order valence-electron chi connectivity index (χ4n) is 6.10. The molecule has 0 bridgehead atoms. The molecule has 7 nitrogen and oxygen atoms in total. The smallest absolute Gasteiger partial charge is 0.407 e. The van der Waals surface area contributed by atoms with Gasteiger partial charge in [-0.3, -0.25) is 4.79 Å². The van der Waals surface area contributed by atoms with Crippen molar-refractivity contribution < 1.29 is 23.9 Å². The molecule has 0 saturated heterocycles. The van der Waals surface area contributed by atoms with Crippen LogP contribution in [0.3, 0.4) is 0 Å². The number of carbonyl (C=O) groups is 3. The zero-order valence-corrected chi connectivity index (χ0v) is 24.6. The van der Waals surface area contributed by atoms with Crippen LogP contribution in [0.15, 0.2) is 48.5 Å². The maximum atomic E-state index is 13.9. The summed E-state index contributed by atoms with van der Waals surface area (Å²) in [5.74, 6) is -0.769. The van der Waals surface area contributed by atoms with Gasteiger partial charge in [0.2, 0.25) is 5.91 Å². The number of hydrogen-bond acceptors (Lipinski definition) is 5. The molecule has 2 atom stereocenters. The molecule has 4 rings (SSSR count). The number of likely N-dealkylation sites (N-methyl/N-ethyl adjacent to an activating group) is 1. The predicted molar refractivity (Wildman–Crippen MR) is 156 cm³/mol. The van der Waals surface area contributed by atoms with Crippen molar-refractivity contribution in [1.82, 2.24) is 10.2 Å². The number of fused-ring (bicyclic) bond motifs is 3. The van der Waals surface area contributed by atoms with Crippen LogP contribution in [0.2, 0.25) is 0 Å². The molecule has 0 aliphatic heterocycles. The zero-order valence-electron chi connectivity index (χ0n) is 24.6. The molecule has 7 heteroatoms. The average Bonchev–Trinajstić information content (AvgIpc) is 3.26. The second-order valence-electron chi connectivity index (χ2n) is 12.1. The first-order valence-corrected chi connectivity index (χ1v) is 14.7. The third-order valence-electron chi connectivity index (χ3n) is 8.06. The lowest BCUT2D eigenvalue weighted by Crippen LogP contribution is -2.56. The number of amides is 2. The molecule has 2 amide bonds. The zero-order chi connectivity index (χ0) is 28.9. The highest BCUT2D eigenvalue weighted by atomic mass is 16.6. The number of ether oxygens (including phenoxy) is 2. The Hall–Kier alpha value is -3.35. The van der Waals surface area contributed by atoms with Crippen LogP contribution < -0.4 is 5.32 Å². The number of nitrogens with one attached hydrogen (secondary N) is 1. The molecule has 2 aliphatic carbocycles. The molecule has 0 aromatic heterocycles. The van der Waals surface area contributed by atoms with Gasteiger partial charge in [0, 0.05) is 13.0 Å². The van der Waals surface area contributed by atoms with Crippen molar-refractivity contribution in [3.63, 3.8) is 0 Å². The van der Waals surface area contributed by atoms with Crippen LogP contribution in [0, 0.1) is 5.92 Å². The molecule has 2 aromatic carbocycles. The van der Waals surface area contributed by atoms with E-state index in [1.165, 1.54) is 4.90 Å². The fourth-order valence-corrected chi connectivity index (χ4v) is 6.10. The number of carbonyl (C=O) groups excluding carboxylic acids is 3. The lowest BCUT2D eigenvalue weighted by atomic mass is 9.83. The molecule has 216 valence electrons. The van der Waals surface area contributed by atoms with Gasteiger partial charge in [0.15, 0.2) is 0 Å². The van der Waals surface area contributed by atoms with Gasteiger partial charge in [-0.15, -0.1) is 0 Å². The third kappa shape index (κ3) is 6.86. The highest BCUT2D eigenvalue weighted by Gasteiger charge is 2.38. The van der Waals surface area contributed by atoms with Crippen molar-refractivity contribution in [3.8, 4) is 11.1 Å². The lowest BCUT2D eigenvalue weighted by molar-refractivity contribution is -0.165. The maximum Gasteiger partial charge on any atom is 0.407 e. The molecule has 2 aromatic rings. The molecule has 0 heterocycles. The van der Waals surface area contributed by atoms with Gasteiger partial charge in [-0.1, -0.05) is 81.1 Å². The molecule has 0 unspecified atom stereocenters. The second-order valence-corrected chi connectivity index (χ2v) is 12.1. The van der Waals surface area contributed by atoms with E-state index in [1.807, 2.05) is 52.0 Å². The van der Waals surface area contributed by atoms with Crippen LogP contribution in [0.1, 0.15) is 89.7 Å². The average molecular weight is 549 g/mol. The quantitative estimate of drug-likeness (QED) is 0.365. The molecule has 1 saturated carbocycles. The van der Waals surface area contributed by atoms with Crippen LogP contribution in [0.4, 0.5) is 4.79 Å². The summed E-state index contributed by atoms with van der Waals surface area (Å²) in [5.41, 5.74) is 3.93. The Labute approximate surface area is 238 Å². The first-order chi connectivity index (χ1) is 19.1. The summed E-state index contributed by atoms with van der Waals surface area (Å²) in [4.78, 5) is 41.6. The number of hydrogen-bond donors (Lipinski definition) is 1. The van der Waals surface area contributed by atoms with E-state index in [0.29, 0.717) is 6.42 Å². The SMILES string of the molecule is CCC[C@@H](C(=O)OC(C)(C)C)N(C)C(=O)[C@H](NC(=O)OCC1c2ccccc2-c2ccccc21)C1CCCCC1. The Kier molecular flexibility index (Phi) is 9.54. The molecule has 0 radical (unpaired) electrons. The normalized spacial score (nSPS) is 16.8. The first kappa shape index (κ1) is 29.6. The van der Waals surface area contributed by atoms with Crippen molar-refractivity contribution in [3.05, 3.63) is 59.7 Å². The van der Waals surface area contributed by atoms with Gasteiger partial charge in [-0.05, 0) is 68.2 Å². The number of alkyl carbamates (subject to hydrolysis) is 1. The molecule has 1 N–H and O–H groups in total. The molecule has 0 spiro atoms. The van der Waals surface area contributed by atoms with Crippen molar-refractivity contribution in [1.29, 1.82) is 0 Å². The molecular weight excluding hydrogens is 504 g/mol. The van der Waals surface area contributed by atoms with Gasteiger partial charge in [0.05, 0.1) is 0 Å². The molecule has 40 heavy (non-hydrogen) atoms. The van der Waals surface area contributed by atoms with Crippen LogP contribution in [0.5, 0.6) is 0 Å². The molecule has 2 aliphatic rings. The van der Waals surface area contributed by atoms with E-state index >= 15 is 0 Å². The summed E-state index contributed by atoms with van der Waals surface area (Å²) >= 11 is 0. The Balaban J connectivity index is 1.48. The van der Waals surface area contributed by atoms with E-state index in [-0.39, 0.29) is 24.3 Å². The lowest BCUT2D eigenvalue weighted by Gasteiger charge is -2.35. The van der Waals surface area contributed by atoms with Crippen LogP contribution in [-0.2, 0) is 19.1 Å². The second kappa shape index (κ2) is 12.9. The first-order valence-electron chi connectivity index (χ1n) is 14.7. The number of nitrogens with zero attached hydrogens (tertiary/aromatic N) is 1. The third-order valence-corrected chi connectivity index (χ3v) is 8.06. The van der Waals surface area contributed by atoms with Crippen LogP contribution in [-0.4, -0.2) is 54.2 Å². The Morgan fingerprint density at radius 3 is 2.08 bits per heavy atom. The number of rotatable bonds is 9. The Morgan fingerprint density at radius 2 is 1.52 bits per heavy atom.